The van der Waals surface area contributed by atoms with E-state index in [-0.39, 0.29) is 0 Å². The van der Waals surface area contributed by atoms with Crippen LogP contribution in [0.3, 0.4) is 0 Å². The van der Waals surface area contributed by atoms with Crippen LogP contribution in [0.5, 0.6) is 0 Å². The highest BCUT2D eigenvalue weighted by molar-refractivity contribution is 5.37. The highest BCUT2D eigenvalue weighted by Crippen LogP contribution is 2.24. The summed E-state index contributed by atoms with van der Waals surface area (Å²) in [7, 11) is 0. The van der Waals surface area contributed by atoms with Gasteiger partial charge in [-0.25, -0.2) is 0 Å². The second-order valence-corrected chi connectivity index (χ2v) is 4.84. The summed E-state index contributed by atoms with van der Waals surface area (Å²) in [5, 5.41) is 0. The molecule has 0 bridgehead atoms. The van der Waals surface area contributed by atoms with Gasteiger partial charge in [0.25, 0.3) is 0 Å². The molecule has 0 spiro atoms. The van der Waals surface area contributed by atoms with Gasteiger partial charge in [-0.15, -0.1) is 0 Å². The molecule has 15 heavy (non-hydrogen) atoms. The maximum atomic E-state index is 2.50. The Morgan fingerprint density at radius 2 is 1.33 bits per heavy atom. The quantitative estimate of drug-likeness (QED) is 0.706. The molecule has 86 valence electrons. The first kappa shape index (κ1) is 12.4. The maximum absolute atomic E-state index is 2.50. The molecule has 0 fully saturated rings. The lowest BCUT2D eigenvalue weighted by Crippen LogP contribution is -2.08. The Balaban J connectivity index is 3.21. The van der Waals surface area contributed by atoms with Gasteiger partial charge in [0.15, 0.2) is 0 Å². The molecule has 1 nitrogen and oxygen atoms in total. The zero-order chi connectivity index (χ0) is 11.6. The van der Waals surface area contributed by atoms with E-state index in [9.17, 15) is 0 Å². The van der Waals surface area contributed by atoms with Crippen molar-refractivity contribution in [3.63, 3.8) is 0 Å². The summed E-state index contributed by atoms with van der Waals surface area (Å²) in [5.41, 5.74) is 6.13. The lowest BCUT2D eigenvalue weighted by molar-refractivity contribution is 0.507. The fourth-order valence-electron chi connectivity index (χ4n) is 2.59. The smallest absolute Gasteiger partial charge is 0.0247 e. The Labute approximate surface area is 94.5 Å². The maximum Gasteiger partial charge on any atom is 0.0247 e. The molecule has 1 aromatic heterocycles. The molecule has 0 saturated carbocycles. The van der Waals surface area contributed by atoms with Gasteiger partial charge in [0, 0.05) is 17.9 Å². The third-order valence-electron chi connectivity index (χ3n) is 3.30. The van der Waals surface area contributed by atoms with Gasteiger partial charge in [0.2, 0.25) is 0 Å². The Morgan fingerprint density at radius 3 is 1.60 bits per heavy atom. The van der Waals surface area contributed by atoms with Crippen LogP contribution < -0.4 is 0 Å². The minimum absolute atomic E-state index is 0.726. The molecule has 0 aliphatic carbocycles. The van der Waals surface area contributed by atoms with Gasteiger partial charge in [-0.05, 0) is 43.7 Å². The number of hydrogen-bond acceptors (Lipinski definition) is 0. The van der Waals surface area contributed by atoms with Crippen molar-refractivity contribution in [3.05, 3.63) is 22.5 Å². The topological polar surface area (TPSA) is 4.93 Å². The molecule has 0 saturated heterocycles. The third kappa shape index (κ3) is 2.27. The minimum Gasteiger partial charge on any atom is -0.348 e. The fraction of sp³-hybridized carbons (Fsp3) is 0.714. The van der Waals surface area contributed by atoms with Crippen molar-refractivity contribution in [1.82, 2.24) is 4.57 Å². The summed E-state index contributed by atoms with van der Waals surface area (Å²) >= 11 is 0. The van der Waals surface area contributed by atoms with Gasteiger partial charge >= 0.3 is 0 Å². The van der Waals surface area contributed by atoms with E-state index in [1.807, 2.05) is 0 Å². The van der Waals surface area contributed by atoms with Crippen molar-refractivity contribution < 1.29 is 0 Å². The minimum atomic E-state index is 0.726. The van der Waals surface area contributed by atoms with Crippen molar-refractivity contribution in [2.45, 2.75) is 60.9 Å². The van der Waals surface area contributed by atoms with Gasteiger partial charge in [-0.3, -0.25) is 0 Å². The van der Waals surface area contributed by atoms with Crippen LogP contribution in [-0.2, 0) is 19.4 Å². The third-order valence-corrected chi connectivity index (χ3v) is 3.30. The average Bonchev–Trinajstić information content (AvgIpc) is 2.40. The Hall–Kier alpha value is -0.720. The molecule has 0 atom stereocenters. The predicted molar refractivity (Wildman–Crippen MR) is 67.5 cm³/mol. The van der Waals surface area contributed by atoms with Crippen LogP contribution in [0.2, 0.25) is 0 Å². The number of hydrogen-bond donors (Lipinski definition) is 0. The molecule has 0 N–H and O–H groups in total. The monoisotopic (exact) mass is 207 g/mol. The Bertz CT molecular complexity index is 304. The van der Waals surface area contributed by atoms with E-state index in [0.29, 0.717) is 0 Å². The summed E-state index contributed by atoms with van der Waals surface area (Å²) in [6.45, 7) is 14.8. The summed E-state index contributed by atoms with van der Waals surface area (Å²) < 4.78 is 2.50. The van der Waals surface area contributed by atoms with Crippen LogP contribution in [0.25, 0.3) is 0 Å². The standard InChI is InChI=1S/C14H25N/c1-7-13-11(5)15(9-10(3)4)12(6)14(13)8-2/h10H,7-9H2,1-6H3. The molecular formula is C14H25N. The number of nitrogens with zero attached hydrogens (tertiary/aromatic N) is 1. The van der Waals surface area contributed by atoms with Crippen molar-refractivity contribution in [3.8, 4) is 0 Å². The molecule has 0 amide bonds. The second kappa shape index (κ2) is 4.87. The van der Waals surface area contributed by atoms with E-state index < -0.39 is 0 Å². The fourth-order valence-corrected chi connectivity index (χ4v) is 2.59. The average molecular weight is 207 g/mol. The lowest BCUT2D eigenvalue weighted by Gasteiger charge is -2.12. The molecular weight excluding hydrogens is 182 g/mol. The van der Waals surface area contributed by atoms with Gasteiger partial charge in [-0.2, -0.15) is 0 Å². The van der Waals surface area contributed by atoms with Crippen LogP contribution in [0, 0.1) is 19.8 Å². The SMILES string of the molecule is CCc1c(CC)c(C)n(CC(C)C)c1C. The van der Waals surface area contributed by atoms with Gasteiger partial charge in [0.1, 0.15) is 0 Å². The van der Waals surface area contributed by atoms with Crippen molar-refractivity contribution in [1.29, 1.82) is 0 Å². The predicted octanol–water partition coefficient (Wildman–Crippen LogP) is 3.89. The molecule has 0 aromatic carbocycles. The van der Waals surface area contributed by atoms with E-state index in [1.165, 1.54) is 24.2 Å². The molecule has 0 aliphatic heterocycles. The summed E-state index contributed by atoms with van der Waals surface area (Å²) in [4.78, 5) is 0. The van der Waals surface area contributed by atoms with E-state index in [0.717, 1.165) is 12.5 Å². The highest BCUT2D eigenvalue weighted by Gasteiger charge is 2.14. The Morgan fingerprint density at radius 1 is 0.933 bits per heavy atom. The first-order valence-corrected chi connectivity index (χ1v) is 6.20. The molecule has 0 unspecified atom stereocenters. The van der Waals surface area contributed by atoms with Crippen LogP contribution in [0.4, 0.5) is 0 Å². The Kier molecular flexibility index (Phi) is 4.01. The first-order valence-electron chi connectivity index (χ1n) is 6.20. The highest BCUT2D eigenvalue weighted by atomic mass is 15.0. The molecule has 1 heteroatoms. The van der Waals surface area contributed by atoms with Gasteiger partial charge in [0.05, 0.1) is 0 Å². The summed E-state index contributed by atoms with van der Waals surface area (Å²) in [6.07, 6.45) is 2.34. The lowest BCUT2D eigenvalue weighted by atomic mass is 10.0. The zero-order valence-corrected chi connectivity index (χ0v) is 11.1. The first-order chi connectivity index (χ1) is 7.02. The number of rotatable bonds is 4. The summed E-state index contributed by atoms with van der Waals surface area (Å²) in [5.74, 6) is 0.726. The molecule has 1 rings (SSSR count). The van der Waals surface area contributed by atoms with Crippen molar-refractivity contribution >= 4 is 0 Å². The van der Waals surface area contributed by atoms with Crippen LogP contribution in [0.1, 0.15) is 50.2 Å². The van der Waals surface area contributed by atoms with E-state index in [1.54, 1.807) is 11.1 Å². The second-order valence-electron chi connectivity index (χ2n) is 4.84. The van der Waals surface area contributed by atoms with E-state index in [4.69, 9.17) is 0 Å². The van der Waals surface area contributed by atoms with Gasteiger partial charge in [-0.1, -0.05) is 27.7 Å². The molecule has 1 heterocycles. The van der Waals surface area contributed by atoms with E-state index >= 15 is 0 Å². The largest absolute Gasteiger partial charge is 0.348 e. The molecule has 1 aromatic rings. The number of aromatic nitrogens is 1. The summed E-state index contributed by atoms with van der Waals surface area (Å²) in [6, 6.07) is 0. The van der Waals surface area contributed by atoms with Crippen molar-refractivity contribution in [2.75, 3.05) is 0 Å². The van der Waals surface area contributed by atoms with Crippen LogP contribution in [-0.4, -0.2) is 4.57 Å². The van der Waals surface area contributed by atoms with Crippen molar-refractivity contribution in [2.24, 2.45) is 5.92 Å². The van der Waals surface area contributed by atoms with Crippen LogP contribution in [0.15, 0.2) is 0 Å². The van der Waals surface area contributed by atoms with Gasteiger partial charge < -0.3 is 4.57 Å². The zero-order valence-electron chi connectivity index (χ0n) is 11.1. The van der Waals surface area contributed by atoms with Crippen LogP contribution >= 0.6 is 0 Å². The molecule has 0 aliphatic rings. The normalized spacial score (nSPS) is 11.4. The van der Waals surface area contributed by atoms with E-state index in [2.05, 4.69) is 46.1 Å². The molecule has 0 radical (unpaired) electrons.